The van der Waals surface area contributed by atoms with Crippen LogP contribution >= 0.6 is 0 Å². The summed E-state index contributed by atoms with van der Waals surface area (Å²) in [5, 5.41) is 12.8. The molecule has 0 heterocycles. The van der Waals surface area contributed by atoms with Gasteiger partial charge in [-0.1, -0.05) is 24.3 Å². The monoisotopic (exact) mass is 460 g/mol. The molecule has 1 saturated carbocycles. The Hall–Kier alpha value is -3.33. The van der Waals surface area contributed by atoms with Crippen molar-refractivity contribution in [2.24, 2.45) is 0 Å². The lowest BCUT2D eigenvalue weighted by Gasteiger charge is -2.11. The van der Waals surface area contributed by atoms with E-state index in [0.717, 1.165) is 25.0 Å². The number of carbonyl (C=O) groups excluding carboxylic acids is 1. The van der Waals surface area contributed by atoms with Gasteiger partial charge in [-0.15, -0.1) is 0 Å². The second-order valence-electron chi connectivity index (χ2n) is 7.44. The van der Waals surface area contributed by atoms with Crippen molar-refractivity contribution in [3.05, 3.63) is 77.9 Å². The van der Waals surface area contributed by atoms with E-state index in [1.165, 1.54) is 30.3 Å². The van der Waals surface area contributed by atoms with Crippen LogP contribution in [0.2, 0.25) is 0 Å². The lowest BCUT2D eigenvalue weighted by atomic mass is 10.0. The van der Waals surface area contributed by atoms with Gasteiger partial charge in [-0.05, 0) is 66.4 Å². The Morgan fingerprint density at radius 3 is 2.09 bits per heavy atom. The molecule has 3 N–H and O–H groups in total. The van der Waals surface area contributed by atoms with Crippen LogP contribution in [-0.2, 0) is 17.2 Å². The Morgan fingerprint density at radius 2 is 1.53 bits per heavy atom. The fraction of sp³-hybridized carbons (Fsp3) is 0.174. The number of hydrogen-bond donors (Lipinski definition) is 3. The van der Waals surface area contributed by atoms with Gasteiger partial charge in [0.1, 0.15) is 16.7 Å². The first kappa shape index (κ1) is 21.9. The molecule has 5 nitrogen and oxygen atoms in total. The zero-order chi connectivity index (χ0) is 22.9. The van der Waals surface area contributed by atoms with Crippen LogP contribution in [0.5, 0.6) is 5.75 Å². The lowest BCUT2D eigenvalue weighted by molar-refractivity contribution is -0.137. The van der Waals surface area contributed by atoms with Gasteiger partial charge in [0.05, 0.1) is 16.5 Å². The van der Waals surface area contributed by atoms with Crippen molar-refractivity contribution in [1.82, 2.24) is 0 Å². The van der Waals surface area contributed by atoms with Crippen molar-refractivity contribution in [3.8, 4) is 16.9 Å². The summed E-state index contributed by atoms with van der Waals surface area (Å²) in [5.74, 6) is -0.471. The highest BCUT2D eigenvalue weighted by Crippen LogP contribution is 2.33. The van der Waals surface area contributed by atoms with Crippen LogP contribution in [0.4, 0.5) is 24.5 Å². The van der Waals surface area contributed by atoms with E-state index < -0.39 is 28.6 Å². The third-order valence-electron chi connectivity index (χ3n) is 4.98. The summed E-state index contributed by atoms with van der Waals surface area (Å²) < 4.78 is 52.9. The van der Waals surface area contributed by atoms with Crippen molar-refractivity contribution in [3.63, 3.8) is 0 Å². The minimum absolute atomic E-state index is 0.0714. The summed E-state index contributed by atoms with van der Waals surface area (Å²) in [4.78, 5) is 12.6. The third-order valence-corrected chi connectivity index (χ3v) is 6.48. The minimum Gasteiger partial charge on any atom is -0.506 e. The van der Waals surface area contributed by atoms with Crippen molar-refractivity contribution in [2.75, 3.05) is 10.0 Å². The molecular formula is C23H19F3N2O3S. The number of rotatable bonds is 6. The van der Waals surface area contributed by atoms with E-state index in [0.29, 0.717) is 22.4 Å². The molecule has 1 fully saturated rings. The summed E-state index contributed by atoms with van der Waals surface area (Å²) in [6.07, 6.45) is -2.64. The number of nitrogens with one attached hydrogen (secondary N) is 2. The predicted octanol–water partition coefficient (Wildman–Crippen LogP) is 5.57. The third kappa shape index (κ3) is 5.11. The quantitative estimate of drug-likeness (QED) is 0.333. The van der Waals surface area contributed by atoms with Crippen molar-refractivity contribution in [2.45, 2.75) is 24.3 Å². The molecule has 1 amide bonds. The molecule has 0 aliphatic heterocycles. The molecule has 4 rings (SSSR count). The highest BCUT2D eigenvalue weighted by atomic mass is 32.2. The molecule has 1 atom stereocenters. The zero-order valence-electron chi connectivity index (χ0n) is 16.6. The molecular weight excluding hydrogens is 441 g/mol. The van der Waals surface area contributed by atoms with Gasteiger partial charge in [-0.3, -0.25) is 4.79 Å². The predicted molar refractivity (Wildman–Crippen MR) is 118 cm³/mol. The number of amides is 1. The molecule has 0 aromatic heterocycles. The van der Waals surface area contributed by atoms with Gasteiger partial charge in [0.15, 0.2) is 0 Å². The summed E-state index contributed by atoms with van der Waals surface area (Å²) in [7, 11) is -1.29. The maximum absolute atomic E-state index is 12.7. The molecule has 0 bridgehead atoms. The van der Waals surface area contributed by atoms with Crippen molar-refractivity contribution < 1.29 is 27.3 Å². The highest BCUT2D eigenvalue weighted by molar-refractivity contribution is 7.87. The molecule has 32 heavy (non-hydrogen) atoms. The van der Waals surface area contributed by atoms with Crippen molar-refractivity contribution >= 4 is 28.3 Å². The lowest BCUT2D eigenvalue weighted by Crippen LogP contribution is -2.13. The number of anilines is 2. The average Bonchev–Trinajstić information content (AvgIpc) is 3.61. The largest absolute Gasteiger partial charge is 0.506 e. The first-order valence-electron chi connectivity index (χ1n) is 9.80. The summed E-state index contributed by atoms with van der Waals surface area (Å²) in [6, 6.07) is 15.7. The second-order valence-corrected chi connectivity index (χ2v) is 8.90. The van der Waals surface area contributed by atoms with Crippen LogP contribution in [0.1, 0.15) is 28.8 Å². The maximum atomic E-state index is 12.7. The van der Waals surface area contributed by atoms with Gasteiger partial charge in [0.2, 0.25) is 0 Å². The van der Waals surface area contributed by atoms with Crippen LogP contribution < -0.4 is 10.0 Å². The molecule has 166 valence electrons. The molecule has 1 aliphatic rings. The van der Waals surface area contributed by atoms with Gasteiger partial charge in [-0.25, -0.2) is 4.21 Å². The number of halogens is 3. The number of phenolic OH excluding ortho intramolecular Hbond substituents is 1. The molecule has 0 radical (unpaired) electrons. The molecule has 9 heteroatoms. The molecule has 3 aromatic rings. The summed E-state index contributed by atoms with van der Waals surface area (Å²) in [6.45, 7) is 0. The van der Waals surface area contributed by atoms with Crippen LogP contribution in [0, 0.1) is 0 Å². The van der Waals surface area contributed by atoms with Gasteiger partial charge in [0, 0.05) is 11.3 Å². The fourth-order valence-electron chi connectivity index (χ4n) is 3.04. The number of aromatic hydroxyl groups is 1. The van der Waals surface area contributed by atoms with E-state index in [-0.39, 0.29) is 16.7 Å². The van der Waals surface area contributed by atoms with Gasteiger partial charge in [0.25, 0.3) is 5.91 Å². The topological polar surface area (TPSA) is 78.4 Å². The standard InChI is InChI=1S/C23H19F3N2O3S/c24-23(25,26)17-7-5-15(6-8-17)14-1-3-16(4-2-14)22(30)27-18-9-12-21(29)20(13-18)28-32(31)19-10-11-19/h1-9,12-13,19,28-29H,10-11H2,(H,27,30). The first-order chi connectivity index (χ1) is 15.2. The van der Waals surface area contributed by atoms with Gasteiger partial charge >= 0.3 is 6.18 Å². The minimum atomic E-state index is -4.39. The van der Waals surface area contributed by atoms with Crippen LogP contribution in [-0.4, -0.2) is 20.5 Å². The van der Waals surface area contributed by atoms with E-state index in [1.807, 2.05) is 0 Å². The number of benzene rings is 3. The molecule has 1 unspecified atom stereocenters. The Balaban J connectivity index is 1.44. The van der Waals surface area contributed by atoms with Crippen LogP contribution in [0.15, 0.2) is 66.7 Å². The summed E-state index contributed by atoms with van der Waals surface area (Å²) >= 11 is 0. The SMILES string of the molecule is O=C(Nc1ccc(O)c(NS(=O)C2CC2)c1)c1ccc(-c2ccc(C(F)(F)F)cc2)cc1. The Bertz CT molecular complexity index is 1160. The smallest absolute Gasteiger partial charge is 0.416 e. The number of carbonyl (C=O) groups is 1. The number of alkyl halides is 3. The Kier molecular flexibility index (Phi) is 5.92. The van der Waals surface area contributed by atoms with Crippen molar-refractivity contribution in [1.29, 1.82) is 0 Å². The maximum Gasteiger partial charge on any atom is 0.416 e. The Labute approximate surface area is 184 Å². The number of phenols is 1. The zero-order valence-corrected chi connectivity index (χ0v) is 17.5. The van der Waals surface area contributed by atoms with E-state index >= 15 is 0 Å². The normalized spacial score (nSPS) is 14.6. The number of hydrogen-bond acceptors (Lipinski definition) is 3. The van der Waals surface area contributed by atoms with E-state index in [1.54, 1.807) is 24.3 Å². The first-order valence-corrected chi connectivity index (χ1v) is 11.0. The van der Waals surface area contributed by atoms with E-state index in [2.05, 4.69) is 10.0 Å². The van der Waals surface area contributed by atoms with Gasteiger partial charge in [-0.2, -0.15) is 13.2 Å². The van der Waals surface area contributed by atoms with E-state index in [9.17, 15) is 27.3 Å². The van der Waals surface area contributed by atoms with Gasteiger partial charge < -0.3 is 15.1 Å². The van der Waals surface area contributed by atoms with E-state index in [4.69, 9.17) is 0 Å². The second kappa shape index (κ2) is 8.66. The van der Waals surface area contributed by atoms with Crippen LogP contribution in [0.3, 0.4) is 0 Å². The molecule has 1 aliphatic carbocycles. The summed E-state index contributed by atoms with van der Waals surface area (Å²) in [5.41, 5.74) is 1.59. The molecule has 0 spiro atoms. The average molecular weight is 460 g/mol. The molecule has 3 aromatic carbocycles. The Morgan fingerprint density at radius 1 is 0.938 bits per heavy atom. The van der Waals surface area contributed by atoms with Crippen LogP contribution in [0.25, 0.3) is 11.1 Å². The fourth-order valence-corrected chi connectivity index (χ4v) is 4.15. The highest BCUT2D eigenvalue weighted by Gasteiger charge is 2.30. The molecule has 0 saturated heterocycles.